The SMILES string of the molecule is O=C(Cc1ccccc1Cl)NCCCNC1CC1. The van der Waals surface area contributed by atoms with Crippen LogP contribution >= 0.6 is 11.6 Å². The molecule has 0 aliphatic heterocycles. The average molecular weight is 267 g/mol. The summed E-state index contributed by atoms with van der Waals surface area (Å²) in [4.78, 5) is 11.7. The van der Waals surface area contributed by atoms with Crippen molar-refractivity contribution in [3.05, 3.63) is 34.9 Å². The zero-order chi connectivity index (χ0) is 12.8. The molecule has 0 aromatic heterocycles. The van der Waals surface area contributed by atoms with Gasteiger partial charge >= 0.3 is 0 Å². The Morgan fingerprint density at radius 1 is 1.28 bits per heavy atom. The van der Waals surface area contributed by atoms with Crippen LogP contribution in [0.25, 0.3) is 0 Å². The van der Waals surface area contributed by atoms with Crippen LogP contribution in [0.3, 0.4) is 0 Å². The third-order valence-electron chi connectivity index (χ3n) is 2.99. The highest BCUT2D eigenvalue weighted by atomic mass is 35.5. The summed E-state index contributed by atoms with van der Waals surface area (Å²) in [6, 6.07) is 8.20. The molecule has 2 N–H and O–H groups in total. The molecule has 0 bridgehead atoms. The van der Waals surface area contributed by atoms with E-state index in [9.17, 15) is 4.79 Å². The summed E-state index contributed by atoms with van der Waals surface area (Å²) in [5.41, 5.74) is 0.882. The normalized spacial score (nSPS) is 14.5. The van der Waals surface area contributed by atoms with Crippen molar-refractivity contribution in [3.8, 4) is 0 Å². The second-order valence-corrected chi connectivity index (χ2v) is 5.11. The summed E-state index contributed by atoms with van der Waals surface area (Å²) in [5, 5.41) is 6.99. The number of amides is 1. The predicted octanol–water partition coefficient (Wildman–Crippen LogP) is 2.14. The molecule has 0 spiro atoms. The molecule has 4 heteroatoms. The van der Waals surface area contributed by atoms with Crippen molar-refractivity contribution < 1.29 is 4.79 Å². The molecule has 0 heterocycles. The van der Waals surface area contributed by atoms with Gasteiger partial charge in [-0.3, -0.25) is 4.79 Å². The summed E-state index contributed by atoms with van der Waals surface area (Å²) in [6.07, 6.45) is 3.94. The minimum Gasteiger partial charge on any atom is -0.356 e. The Labute approximate surface area is 113 Å². The highest BCUT2D eigenvalue weighted by molar-refractivity contribution is 6.31. The molecule has 1 amide bonds. The smallest absolute Gasteiger partial charge is 0.224 e. The van der Waals surface area contributed by atoms with Gasteiger partial charge in [0.2, 0.25) is 5.91 Å². The third-order valence-corrected chi connectivity index (χ3v) is 3.36. The molecule has 1 aromatic rings. The number of benzene rings is 1. The van der Waals surface area contributed by atoms with Crippen molar-refractivity contribution in [1.29, 1.82) is 0 Å². The van der Waals surface area contributed by atoms with E-state index in [1.165, 1.54) is 12.8 Å². The quantitative estimate of drug-likeness (QED) is 0.743. The second kappa shape index (κ2) is 6.76. The first kappa shape index (κ1) is 13.4. The molecule has 1 saturated carbocycles. The van der Waals surface area contributed by atoms with Crippen LogP contribution < -0.4 is 10.6 Å². The van der Waals surface area contributed by atoms with Gasteiger partial charge in [-0.1, -0.05) is 29.8 Å². The topological polar surface area (TPSA) is 41.1 Å². The zero-order valence-electron chi connectivity index (χ0n) is 10.4. The van der Waals surface area contributed by atoms with E-state index in [1.54, 1.807) is 0 Å². The van der Waals surface area contributed by atoms with Crippen molar-refractivity contribution >= 4 is 17.5 Å². The molecule has 0 saturated heterocycles. The summed E-state index contributed by atoms with van der Waals surface area (Å²) in [7, 11) is 0. The Balaban J connectivity index is 1.60. The Morgan fingerprint density at radius 2 is 2.06 bits per heavy atom. The maximum atomic E-state index is 11.7. The van der Waals surface area contributed by atoms with Crippen LogP contribution in [0.4, 0.5) is 0 Å². The fourth-order valence-electron chi connectivity index (χ4n) is 1.79. The van der Waals surface area contributed by atoms with Crippen molar-refractivity contribution in [2.45, 2.75) is 31.7 Å². The molecular weight excluding hydrogens is 248 g/mol. The summed E-state index contributed by atoms with van der Waals surface area (Å²) in [6.45, 7) is 1.71. The lowest BCUT2D eigenvalue weighted by Crippen LogP contribution is -2.29. The molecule has 0 unspecified atom stereocenters. The fourth-order valence-corrected chi connectivity index (χ4v) is 1.99. The number of halogens is 1. The largest absolute Gasteiger partial charge is 0.356 e. The monoisotopic (exact) mass is 266 g/mol. The summed E-state index contributed by atoms with van der Waals surface area (Å²) in [5.74, 6) is 0.0366. The third kappa shape index (κ3) is 4.67. The fraction of sp³-hybridized carbons (Fsp3) is 0.500. The molecule has 1 aliphatic rings. The first-order valence-corrected chi connectivity index (χ1v) is 6.87. The van der Waals surface area contributed by atoms with Crippen molar-refractivity contribution in [1.82, 2.24) is 10.6 Å². The van der Waals surface area contributed by atoms with Crippen LogP contribution in [0.5, 0.6) is 0 Å². The van der Waals surface area contributed by atoms with Gasteiger partial charge in [0.15, 0.2) is 0 Å². The van der Waals surface area contributed by atoms with E-state index in [1.807, 2.05) is 24.3 Å². The van der Waals surface area contributed by atoms with Gasteiger partial charge in [-0.2, -0.15) is 0 Å². The van der Waals surface area contributed by atoms with E-state index in [-0.39, 0.29) is 5.91 Å². The Bertz CT molecular complexity index is 405. The number of carbonyl (C=O) groups excluding carboxylic acids is 1. The number of hydrogen-bond donors (Lipinski definition) is 2. The van der Waals surface area contributed by atoms with E-state index in [2.05, 4.69) is 10.6 Å². The Morgan fingerprint density at radius 3 is 2.78 bits per heavy atom. The minimum absolute atomic E-state index is 0.0366. The lowest BCUT2D eigenvalue weighted by molar-refractivity contribution is -0.120. The van der Waals surface area contributed by atoms with Crippen LogP contribution in [0, 0.1) is 0 Å². The van der Waals surface area contributed by atoms with Crippen LogP contribution in [-0.4, -0.2) is 25.0 Å². The van der Waals surface area contributed by atoms with Crippen LogP contribution in [0.15, 0.2) is 24.3 Å². The highest BCUT2D eigenvalue weighted by Crippen LogP contribution is 2.18. The van der Waals surface area contributed by atoms with Gasteiger partial charge < -0.3 is 10.6 Å². The lowest BCUT2D eigenvalue weighted by Gasteiger charge is -2.07. The number of carbonyl (C=O) groups is 1. The average Bonchev–Trinajstić information content (AvgIpc) is 3.16. The Kier molecular flexibility index (Phi) is 5.02. The van der Waals surface area contributed by atoms with Gasteiger partial charge in [0.25, 0.3) is 0 Å². The Hall–Kier alpha value is -1.06. The molecule has 0 atom stereocenters. The van der Waals surface area contributed by atoms with E-state index >= 15 is 0 Å². The summed E-state index contributed by atoms with van der Waals surface area (Å²) >= 11 is 6.00. The first-order valence-electron chi connectivity index (χ1n) is 6.49. The van der Waals surface area contributed by atoms with E-state index in [4.69, 9.17) is 11.6 Å². The van der Waals surface area contributed by atoms with Gasteiger partial charge in [0.1, 0.15) is 0 Å². The summed E-state index contributed by atoms with van der Waals surface area (Å²) < 4.78 is 0. The highest BCUT2D eigenvalue weighted by Gasteiger charge is 2.19. The van der Waals surface area contributed by atoms with Gasteiger partial charge in [-0.15, -0.1) is 0 Å². The molecule has 18 heavy (non-hydrogen) atoms. The van der Waals surface area contributed by atoms with Crippen molar-refractivity contribution in [2.75, 3.05) is 13.1 Å². The van der Waals surface area contributed by atoms with Crippen molar-refractivity contribution in [3.63, 3.8) is 0 Å². The molecular formula is C14H19ClN2O. The predicted molar refractivity (Wildman–Crippen MR) is 73.8 cm³/mol. The van der Waals surface area contributed by atoms with Gasteiger partial charge in [-0.05, 0) is 37.4 Å². The first-order chi connectivity index (χ1) is 8.75. The van der Waals surface area contributed by atoms with E-state index < -0.39 is 0 Å². The molecule has 1 fully saturated rings. The standard InChI is InChI=1S/C14H19ClN2O/c15-13-5-2-1-4-11(13)10-14(18)17-9-3-8-16-12-6-7-12/h1-2,4-5,12,16H,3,6-10H2,(H,17,18). The van der Waals surface area contributed by atoms with E-state index in [0.717, 1.165) is 31.1 Å². The van der Waals surface area contributed by atoms with Crippen LogP contribution in [0.2, 0.25) is 5.02 Å². The van der Waals surface area contributed by atoms with Gasteiger partial charge in [0.05, 0.1) is 6.42 Å². The molecule has 1 aliphatic carbocycles. The van der Waals surface area contributed by atoms with E-state index in [0.29, 0.717) is 11.4 Å². The second-order valence-electron chi connectivity index (χ2n) is 4.70. The number of hydrogen-bond acceptors (Lipinski definition) is 2. The maximum absolute atomic E-state index is 11.7. The lowest BCUT2D eigenvalue weighted by atomic mass is 10.1. The molecule has 2 rings (SSSR count). The van der Waals surface area contributed by atoms with Crippen LogP contribution in [0.1, 0.15) is 24.8 Å². The van der Waals surface area contributed by atoms with Gasteiger partial charge in [0, 0.05) is 17.6 Å². The van der Waals surface area contributed by atoms with Crippen molar-refractivity contribution in [2.24, 2.45) is 0 Å². The maximum Gasteiger partial charge on any atom is 0.224 e. The van der Waals surface area contributed by atoms with Crippen LogP contribution in [-0.2, 0) is 11.2 Å². The number of rotatable bonds is 7. The zero-order valence-corrected chi connectivity index (χ0v) is 11.2. The minimum atomic E-state index is 0.0366. The molecule has 98 valence electrons. The molecule has 3 nitrogen and oxygen atoms in total. The number of nitrogens with one attached hydrogen (secondary N) is 2. The van der Waals surface area contributed by atoms with Gasteiger partial charge in [-0.25, -0.2) is 0 Å². The molecule has 0 radical (unpaired) electrons. The molecule has 1 aromatic carbocycles.